The Kier molecular flexibility index (Phi) is 3.28. The van der Waals surface area contributed by atoms with Crippen LogP contribution in [0.15, 0.2) is 42.6 Å². The first-order valence-corrected chi connectivity index (χ1v) is 5.54. The Bertz CT molecular complexity index is 581. The molecule has 0 aliphatic heterocycles. The van der Waals surface area contributed by atoms with Gasteiger partial charge in [0.2, 0.25) is 5.78 Å². The van der Waals surface area contributed by atoms with Gasteiger partial charge in [-0.1, -0.05) is 29.8 Å². The quantitative estimate of drug-likeness (QED) is 0.744. The fourth-order valence-electron chi connectivity index (χ4n) is 1.75. The summed E-state index contributed by atoms with van der Waals surface area (Å²) in [6, 6.07) is 10.4. The summed E-state index contributed by atoms with van der Waals surface area (Å²) in [6.07, 6.45) is 1.55. The van der Waals surface area contributed by atoms with Crippen LogP contribution in [0.1, 0.15) is 21.6 Å². The van der Waals surface area contributed by atoms with Crippen molar-refractivity contribution in [2.45, 2.75) is 13.5 Å². The second-order valence-electron chi connectivity index (χ2n) is 4.09. The summed E-state index contributed by atoms with van der Waals surface area (Å²) in [5.41, 5.74) is 1.96. The Balaban J connectivity index is 2.31. The molecule has 18 heavy (non-hydrogen) atoms. The molecule has 0 amide bonds. The molecule has 0 unspecified atom stereocenters. The standard InChI is InChI=1S/C14H13NO3/c1-10-4-6-11(7-5-10)14(18)12-3-2-8-15(12)9-13(16)17/h2-8H,9H2,1H3,(H,16,17)/p-1. The molecule has 1 aromatic carbocycles. The van der Waals surface area contributed by atoms with Gasteiger partial charge in [0.05, 0.1) is 18.2 Å². The lowest BCUT2D eigenvalue weighted by atomic mass is 10.1. The zero-order valence-electron chi connectivity index (χ0n) is 9.92. The monoisotopic (exact) mass is 242 g/mol. The molecule has 1 heterocycles. The van der Waals surface area contributed by atoms with E-state index in [2.05, 4.69) is 0 Å². The van der Waals surface area contributed by atoms with Gasteiger partial charge in [0.25, 0.3) is 0 Å². The van der Waals surface area contributed by atoms with Crippen LogP contribution >= 0.6 is 0 Å². The zero-order valence-corrected chi connectivity index (χ0v) is 9.92. The molecule has 0 aliphatic carbocycles. The van der Waals surface area contributed by atoms with E-state index in [0.29, 0.717) is 11.3 Å². The van der Waals surface area contributed by atoms with E-state index in [9.17, 15) is 14.7 Å². The minimum atomic E-state index is -1.22. The van der Waals surface area contributed by atoms with E-state index >= 15 is 0 Å². The molecule has 2 aromatic rings. The minimum absolute atomic E-state index is 0.193. The number of hydrogen-bond donors (Lipinski definition) is 0. The van der Waals surface area contributed by atoms with Crippen molar-refractivity contribution in [2.24, 2.45) is 0 Å². The predicted octanol–water partition coefficient (Wildman–Crippen LogP) is 0.777. The van der Waals surface area contributed by atoms with Crippen LogP contribution in [0.3, 0.4) is 0 Å². The number of ketones is 1. The maximum atomic E-state index is 12.2. The largest absolute Gasteiger partial charge is 0.548 e. The van der Waals surface area contributed by atoms with E-state index in [1.807, 2.05) is 19.1 Å². The van der Waals surface area contributed by atoms with Gasteiger partial charge < -0.3 is 14.5 Å². The van der Waals surface area contributed by atoms with Crippen LogP contribution in [0, 0.1) is 6.92 Å². The first-order chi connectivity index (χ1) is 8.58. The second kappa shape index (κ2) is 4.87. The van der Waals surface area contributed by atoms with Crippen molar-refractivity contribution in [3.05, 3.63) is 59.4 Å². The highest BCUT2D eigenvalue weighted by atomic mass is 16.4. The highest BCUT2D eigenvalue weighted by molar-refractivity contribution is 6.08. The average molecular weight is 242 g/mol. The molecule has 0 saturated heterocycles. The van der Waals surface area contributed by atoms with Crippen LogP contribution in [-0.4, -0.2) is 16.3 Å². The number of aryl methyl sites for hydroxylation is 1. The number of carboxylic acid groups (broad SMARTS) is 1. The third-order valence-corrected chi connectivity index (χ3v) is 2.68. The summed E-state index contributed by atoms with van der Waals surface area (Å²) >= 11 is 0. The van der Waals surface area contributed by atoms with Crippen LogP contribution in [0.25, 0.3) is 0 Å². The SMILES string of the molecule is Cc1ccc(C(=O)c2cccn2CC(=O)[O-])cc1. The van der Waals surface area contributed by atoms with Gasteiger partial charge in [0.1, 0.15) is 0 Å². The second-order valence-corrected chi connectivity index (χ2v) is 4.09. The van der Waals surface area contributed by atoms with Crippen molar-refractivity contribution in [3.63, 3.8) is 0 Å². The van der Waals surface area contributed by atoms with E-state index in [1.165, 1.54) is 4.57 Å². The number of nitrogens with zero attached hydrogens (tertiary/aromatic N) is 1. The van der Waals surface area contributed by atoms with Crippen LogP contribution in [0.5, 0.6) is 0 Å². The first-order valence-electron chi connectivity index (χ1n) is 5.54. The molecule has 2 rings (SSSR count). The number of benzene rings is 1. The van der Waals surface area contributed by atoms with E-state index in [-0.39, 0.29) is 12.3 Å². The van der Waals surface area contributed by atoms with Gasteiger partial charge in [-0.2, -0.15) is 0 Å². The third kappa shape index (κ3) is 2.48. The molecule has 0 saturated carbocycles. The normalized spacial score (nSPS) is 10.3. The Morgan fingerprint density at radius 2 is 1.83 bits per heavy atom. The summed E-state index contributed by atoms with van der Waals surface area (Å²) < 4.78 is 1.37. The molecule has 1 aromatic heterocycles. The van der Waals surface area contributed by atoms with E-state index in [0.717, 1.165) is 5.56 Å². The lowest BCUT2D eigenvalue weighted by Gasteiger charge is -2.09. The molecule has 0 bridgehead atoms. The topological polar surface area (TPSA) is 62.1 Å². The van der Waals surface area contributed by atoms with E-state index in [4.69, 9.17) is 0 Å². The number of aliphatic carboxylic acids is 1. The van der Waals surface area contributed by atoms with Gasteiger partial charge >= 0.3 is 0 Å². The van der Waals surface area contributed by atoms with Gasteiger partial charge in [0, 0.05) is 11.8 Å². The van der Waals surface area contributed by atoms with Crippen LogP contribution in [0.4, 0.5) is 0 Å². The number of hydrogen-bond acceptors (Lipinski definition) is 3. The van der Waals surface area contributed by atoms with Crippen molar-refractivity contribution in [2.75, 3.05) is 0 Å². The Morgan fingerprint density at radius 1 is 1.17 bits per heavy atom. The van der Waals surface area contributed by atoms with Gasteiger partial charge in [-0.3, -0.25) is 4.79 Å². The lowest BCUT2D eigenvalue weighted by Crippen LogP contribution is -2.28. The summed E-state index contributed by atoms with van der Waals surface area (Å²) in [6.45, 7) is 1.62. The average Bonchev–Trinajstić information content (AvgIpc) is 2.76. The van der Waals surface area contributed by atoms with Gasteiger partial charge in [-0.15, -0.1) is 0 Å². The molecular formula is C14H12NO3-. The van der Waals surface area contributed by atoms with Crippen molar-refractivity contribution >= 4 is 11.8 Å². The molecule has 92 valence electrons. The molecule has 0 N–H and O–H groups in total. The highest BCUT2D eigenvalue weighted by Crippen LogP contribution is 2.11. The molecular weight excluding hydrogens is 230 g/mol. The Hall–Kier alpha value is -2.36. The number of carbonyl (C=O) groups excluding carboxylic acids is 2. The third-order valence-electron chi connectivity index (χ3n) is 2.68. The highest BCUT2D eigenvalue weighted by Gasteiger charge is 2.12. The van der Waals surface area contributed by atoms with Crippen molar-refractivity contribution in [1.82, 2.24) is 4.57 Å². The maximum Gasteiger partial charge on any atom is 0.209 e. The minimum Gasteiger partial charge on any atom is -0.548 e. The summed E-state index contributed by atoms with van der Waals surface area (Å²) in [7, 11) is 0. The first kappa shape index (κ1) is 12.1. The smallest absolute Gasteiger partial charge is 0.209 e. The summed E-state index contributed by atoms with van der Waals surface area (Å²) in [4.78, 5) is 22.8. The fraction of sp³-hybridized carbons (Fsp3) is 0.143. The van der Waals surface area contributed by atoms with Crippen molar-refractivity contribution < 1.29 is 14.7 Å². The van der Waals surface area contributed by atoms with Crippen LogP contribution in [0.2, 0.25) is 0 Å². The molecule has 4 nitrogen and oxygen atoms in total. The zero-order chi connectivity index (χ0) is 13.1. The molecule has 0 atom stereocenters. The Labute approximate surface area is 104 Å². The molecule has 0 radical (unpaired) electrons. The van der Waals surface area contributed by atoms with E-state index in [1.54, 1.807) is 30.5 Å². The van der Waals surface area contributed by atoms with Crippen LogP contribution < -0.4 is 5.11 Å². The predicted molar refractivity (Wildman–Crippen MR) is 64.1 cm³/mol. The number of aromatic nitrogens is 1. The summed E-state index contributed by atoms with van der Waals surface area (Å²) in [5, 5.41) is 10.6. The molecule has 0 spiro atoms. The maximum absolute atomic E-state index is 12.2. The number of carbonyl (C=O) groups is 2. The molecule has 4 heteroatoms. The summed E-state index contributed by atoms with van der Waals surface area (Å²) in [5.74, 6) is -1.41. The van der Waals surface area contributed by atoms with Crippen molar-refractivity contribution in [3.8, 4) is 0 Å². The Morgan fingerprint density at radius 3 is 2.44 bits per heavy atom. The number of rotatable bonds is 4. The molecule has 0 fully saturated rings. The molecule has 0 aliphatic rings. The lowest BCUT2D eigenvalue weighted by molar-refractivity contribution is -0.306. The van der Waals surface area contributed by atoms with Crippen LogP contribution in [-0.2, 0) is 11.3 Å². The van der Waals surface area contributed by atoms with Crippen molar-refractivity contribution in [1.29, 1.82) is 0 Å². The number of carboxylic acids is 1. The fourth-order valence-corrected chi connectivity index (χ4v) is 1.75. The van der Waals surface area contributed by atoms with Gasteiger partial charge in [-0.25, -0.2) is 0 Å². The van der Waals surface area contributed by atoms with Gasteiger partial charge in [-0.05, 0) is 19.1 Å². The van der Waals surface area contributed by atoms with Gasteiger partial charge in [0.15, 0.2) is 0 Å². The van der Waals surface area contributed by atoms with E-state index < -0.39 is 5.97 Å².